The van der Waals surface area contributed by atoms with E-state index >= 15 is 0 Å². The molecule has 0 radical (unpaired) electrons. The second-order valence-electron chi connectivity index (χ2n) is 2.58. The van der Waals surface area contributed by atoms with Crippen LogP contribution >= 0.6 is 15.9 Å². The van der Waals surface area contributed by atoms with Crippen LogP contribution in [0.1, 0.15) is 11.7 Å². The molecule has 0 fully saturated rings. The minimum absolute atomic E-state index is 0.299. The summed E-state index contributed by atoms with van der Waals surface area (Å²) >= 11 is 2.64. The van der Waals surface area contributed by atoms with E-state index in [0.29, 0.717) is 6.07 Å². The second kappa shape index (κ2) is 4.27. The quantitative estimate of drug-likeness (QED) is 0.648. The van der Waals surface area contributed by atoms with Crippen molar-refractivity contribution >= 4 is 15.9 Å². The van der Waals surface area contributed by atoms with E-state index in [2.05, 4.69) is 15.9 Å². The molecule has 0 aliphatic carbocycles. The maximum Gasteiger partial charge on any atom is 0.268 e. The largest absolute Gasteiger partial charge is 0.382 e. The summed E-state index contributed by atoms with van der Waals surface area (Å²) < 4.78 is 49.1. The molecule has 1 aromatic carbocycles. The Bertz CT molecular complexity index is 319. The summed E-state index contributed by atoms with van der Waals surface area (Å²) in [6.45, 7) is 0. The van der Waals surface area contributed by atoms with Gasteiger partial charge in [-0.1, -0.05) is 0 Å². The Balaban J connectivity index is 3.12. The smallest absolute Gasteiger partial charge is 0.268 e. The Morgan fingerprint density at radius 3 is 2.21 bits per heavy atom. The number of hydrogen-bond donors (Lipinski definition) is 1. The minimum Gasteiger partial charge on any atom is -0.382 e. The van der Waals surface area contributed by atoms with Crippen molar-refractivity contribution in [2.45, 2.75) is 12.5 Å². The Labute approximate surface area is 85.5 Å². The lowest BCUT2D eigenvalue weighted by Crippen LogP contribution is -2.08. The third-order valence-electron chi connectivity index (χ3n) is 1.59. The molecule has 1 atom stereocenters. The maximum atomic E-state index is 12.7. The van der Waals surface area contributed by atoms with Gasteiger partial charge in [-0.15, -0.1) is 0 Å². The molecule has 0 bridgehead atoms. The molecule has 1 unspecified atom stereocenters. The molecule has 0 amide bonds. The van der Waals surface area contributed by atoms with Gasteiger partial charge in [0.05, 0.1) is 4.47 Å². The normalized spacial score (nSPS) is 13.4. The van der Waals surface area contributed by atoms with E-state index < -0.39 is 24.2 Å². The maximum absolute atomic E-state index is 12.7. The third kappa shape index (κ3) is 2.24. The highest BCUT2D eigenvalue weighted by molar-refractivity contribution is 9.10. The Morgan fingerprint density at radius 2 is 1.79 bits per heavy atom. The van der Waals surface area contributed by atoms with Crippen molar-refractivity contribution in [3.8, 4) is 0 Å². The summed E-state index contributed by atoms with van der Waals surface area (Å²) in [5.41, 5.74) is -0.370. The molecular formula is C8H5BrF4O. The first-order valence-corrected chi connectivity index (χ1v) is 4.33. The molecule has 1 nitrogen and oxygen atoms in total. The van der Waals surface area contributed by atoms with Crippen molar-refractivity contribution in [1.82, 2.24) is 0 Å². The molecule has 0 aliphatic rings. The molecule has 1 rings (SSSR count). The molecule has 14 heavy (non-hydrogen) atoms. The van der Waals surface area contributed by atoms with Crippen molar-refractivity contribution < 1.29 is 22.7 Å². The molecule has 6 heteroatoms. The lowest BCUT2D eigenvalue weighted by Gasteiger charge is -2.10. The van der Waals surface area contributed by atoms with Gasteiger partial charge in [-0.3, -0.25) is 0 Å². The number of aliphatic hydroxyl groups excluding tert-OH is 1. The van der Waals surface area contributed by atoms with Gasteiger partial charge >= 0.3 is 0 Å². The molecule has 0 aliphatic heterocycles. The van der Waals surface area contributed by atoms with E-state index in [0.717, 1.165) is 6.07 Å². The number of halogens is 5. The summed E-state index contributed by atoms with van der Waals surface area (Å²) in [7, 11) is 0. The van der Waals surface area contributed by atoms with Gasteiger partial charge in [0, 0.05) is 0 Å². The van der Waals surface area contributed by atoms with Gasteiger partial charge in [0.15, 0.2) is 11.6 Å². The average Bonchev–Trinajstić information content (AvgIpc) is 2.12. The van der Waals surface area contributed by atoms with E-state index in [1.165, 1.54) is 0 Å². The molecule has 0 saturated carbocycles. The van der Waals surface area contributed by atoms with Gasteiger partial charge < -0.3 is 5.11 Å². The first-order valence-electron chi connectivity index (χ1n) is 3.54. The molecule has 0 spiro atoms. The van der Waals surface area contributed by atoms with Gasteiger partial charge in [0.2, 0.25) is 0 Å². The van der Waals surface area contributed by atoms with Gasteiger partial charge in [-0.2, -0.15) is 0 Å². The van der Waals surface area contributed by atoms with Crippen molar-refractivity contribution in [2.75, 3.05) is 0 Å². The van der Waals surface area contributed by atoms with Crippen LogP contribution < -0.4 is 0 Å². The lowest BCUT2D eigenvalue weighted by molar-refractivity contribution is -0.00601. The van der Waals surface area contributed by atoms with Crippen LogP contribution in [0.3, 0.4) is 0 Å². The van der Waals surface area contributed by atoms with Crippen LogP contribution in [0.2, 0.25) is 0 Å². The van der Waals surface area contributed by atoms with Crippen LogP contribution in [0, 0.1) is 11.6 Å². The monoisotopic (exact) mass is 272 g/mol. The van der Waals surface area contributed by atoms with Crippen molar-refractivity contribution in [2.24, 2.45) is 0 Å². The molecule has 0 heterocycles. The van der Waals surface area contributed by atoms with E-state index in [4.69, 9.17) is 5.11 Å². The number of hydrogen-bond acceptors (Lipinski definition) is 1. The summed E-state index contributed by atoms with van der Waals surface area (Å²) in [6.07, 6.45) is -5.15. The molecule has 0 aromatic heterocycles. The number of rotatable bonds is 2. The fourth-order valence-electron chi connectivity index (χ4n) is 0.891. The third-order valence-corrected chi connectivity index (χ3v) is 2.16. The lowest BCUT2D eigenvalue weighted by atomic mass is 10.1. The first kappa shape index (κ1) is 11.5. The summed E-state index contributed by atoms with van der Waals surface area (Å²) in [4.78, 5) is 0. The highest BCUT2D eigenvalue weighted by Crippen LogP contribution is 2.26. The molecule has 1 N–H and O–H groups in total. The standard InChI is InChI=1S/C8H5BrF4O/c9-4-1-3(7(14)8(12)13)2-5(10)6(4)11/h1-2,7-8,14H. The second-order valence-corrected chi connectivity index (χ2v) is 3.43. The van der Waals surface area contributed by atoms with E-state index in [1.807, 2.05) is 0 Å². The van der Waals surface area contributed by atoms with Crippen molar-refractivity contribution in [3.63, 3.8) is 0 Å². The zero-order chi connectivity index (χ0) is 10.9. The Hall–Kier alpha value is -0.620. The fraction of sp³-hybridized carbons (Fsp3) is 0.250. The number of alkyl halides is 2. The topological polar surface area (TPSA) is 20.2 Å². The first-order chi connectivity index (χ1) is 6.43. The van der Waals surface area contributed by atoms with Crippen LogP contribution in [0.5, 0.6) is 0 Å². The van der Waals surface area contributed by atoms with Crippen LogP contribution in [-0.2, 0) is 0 Å². The Kier molecular flexibility index (Phi) is 3.49. The van der Waals surface area contributed by atoms with Crippen LogP contribution in [0.15, 0.2) is 16.6 Å². The highest BCUT2D eigenvalue weighted by Gasteiger charge is 2.21. The zero-order valence-corrected chi connectivity index (χ0v) is 8.23. The molecular weight excluding hydrogens is 268 g/mol. The predicted octanol–water partition coefficient (Wildman–Crippen LogP) is 3.03. The van der Waals surface area contributed by atoms with Gasteiger partial charge in [-0.25, -0.2) is 17.6 Å². The summed E-state index contributed by atoms with van der Waals surface area (Å²) in [6, 6.07) is 1.45. The number of aliphatic hydroxyl groups is 1. The van der Waals surface area contributed by atoms with E-state index in [1.54, 1.807) is 0 Å². The molecule has 1 aromatic rings. The fourth-order valence-corrected chi connectivity index (χ4v) is 1.35. The SMILES string of the molecule is OC(c1cc(F)c(F)c(Br)c1)C(F)F. The van der Waals surface area contributed by atoms with Crippen molar-refractivity contribution in [3.05, 3.63) is 33.8 Å². The van der Waals surface area contributed by atoms with E-state index in [9.17, 15) is 17.6 Å². The molecule has 0 saturated heterocycles. The van der Waals surface area contributed by atoms with Gasteiger partial charge in [-0.05, 0) is 33.6 Å². The summed E-state index contributed by atoms with van der Waals surface area (Å²) in [5.74, 6) is -2.45. The minimum atomic E-state index is -3.04. The van der Waals surface area contributed by atoms with Gasteiger partial charge in [0.25, 0.3) is 6.43 Å². The number of benzene rings is 1. The van der Waals surface area contributed by atoms with Crippen LogP contribution in [0.4, 0.5) is 17.6 Å². The highest BCUT2D eigenvalue weighted by atomic mass is 79.9. The van der Waals surface area contributed by atoms with Crippen LogP contribution in [-0.4, -0.2) is 11.5 Å². The summed E-state index contributed by atoms with van der Waals surface area (Å²) in [5, 5.41) is 8.88. The predicted molar refractivity (Wildman–Crippen MR) is 45.0 cm³/mol. The Morgan fingerprint density at radius 1 is 1.21 bits per heavy atom. The van der Waals surface area contributed by atoms with Gasteiger partial charge in [0.1, 0.15) is 6.10 Å². The van der Waals surface area contributed by atoms with Crippen molar-refractivity contribution in [1.29, 1.82) is 0 Å². The average molecular weight is 273 g/mol. The van der Waals surface area contributed by atoms with Crippen LogP contribution in [0.25, 0.3) is 0 Å². The van der Waals surface area contributed by atoms with E-state index in [-0.39, 0.29) is 10.0 Å². The molecule has 78 valence electrons. The zero-order valence-electron chi connectivity index (χ0n) is 6.65.